The van der Waals surface area contributed by atoms with Gasteiger partial charge in [-0.05, 0) is 34.5 Å². The fraction of sp³-hybridized carbons (Fsp3) is 0.231. The molecule has 0 aliphatic rings. The Morgan fingerprint density at radius 1 is 1.32 bits per heavy atom. The molecule has 0 unspecified atom stereocenters. The highest BCUT2D eigenvalue weighted by Gasteiger charge is 2.12. The lowest BCUT2D eigenvalue weighted by Gasteiger charge is -2.08. The number of hydrogen-bond donors (Lipinski definition) is 2. The van der Waals surface area contributed by atoms with E-state index in [4.69, 9.17) is 5.73 Å². The van der Waals surface area contributed by atoms with Crippen molar-refractivity contribution in [2.24, 2.45) is 0 Å². The van der Waals surface area contributed by atoms with Gasteiger partial charge in [-0.2, -0.15) is 0 Å². The van der Waals surface area contributed by atoms with Crippen LogP contribution in [0.5, 0.6) is 5.75 Å². The summed E-state index contributed by atoms with van der Waals surface area (Å²) in [6.45, 7) is 2.03. The maximum atomic E-state index is 13.3. The smallest absolute Gasteiger partial charge is 0.162 e. The van der Waals surface area contributed by atoms with Crippen molar-refractivity contribution in [2.75, 3.05) is 5.73 Å². The summed E-state index contributed by atoms with van der Waals surface area (Å²) in [6.07, 6.45) is 1.64. The van der Waals surface area contributed by atoms with Crippen LogP contribution in [0.15, 0.2) is 22.7 Å². The van der Waals surface area contributed by atoms with Gasteiger partial charge in [0.2, 0.25) is 0 Å². The minimum absolute atomic E-state index is 0.169. The van der Waals surface area contributed by atoms with Crippen molar-refractivity contribution in [2.45, 2.75) is 19.8 Å². The van der Waals surface area contributed by atoms with Crippen LogP contribution in [0, 0.1) is 5.82 Å². The zero-order valence-electron chi connectivity index (χ0n) is 10.3. The van der Waals surface area contributed by atoms with Crippen LogP contribution in [0.1, 0.15) is 19.0 Å². The van der Waals surface area contributed by atoms with E-state index in [1.807, 2.05) is 6.92 Å². The van der Waals surface area contributed by atoms with Gasteiger partial charge in [-0.1, -0.05) is 13.3 Å². The molecule has 100 valence electrons. The van der Waals surface area contributed by atoms with E-state index >= 15 is 0 Å². The second-order valence-corrected chi connectivity index (χ2v) is 4.93. The van der Waals surface area contributed by atoms with Crippen LogP contribution in [0.25, 0.3) is 11.4 Å². The summed E-state index contributed by atoms with van der Waals surface area (Å²) < 4.78 is 14.0. The first-order valence-electron chi connectivity index (χ1n) is 5.83. The molecule has 0 bridgehead atoms. The fourth-order valence-electron chi connectivity index (χ4n) is 1.75. The van der Waals surface area contributed by atoms with E-state index in [0.29, 0.717) is 21.7 Å². The van der Waals surface area contributed by atoms with Crippen LogP contribution in [-0.4, -0.2) is 15.1 Å². The molecule has 6 heteroatoms. The number of aromatic nitrogens is 2. The molecule has 0 aliphatic heterocycles. The summed E-state index contributed by atoms with van der Waals surface area (Å²) in [7, 11) is 0. The van der Waals surface area contributed by atoms with Crippen molar-refractivity contribution in [3.05, 3.63) is 34.2 Å². The molecule has 0 fully saturated rings. The van der Waals surface area contributed by atoms with E-state index in [-0.39, 0.29) is 5.75 Å². The number of aryl methyl sites for hydroxylation is 1. The average Bonchev–Trinajstić information content (AvgIpc) is 2.33. The van der Waals surface area contributed by atoms with Crippen LogP contribution < -0.4 is 5.73 Å². The second kappa shape index (κ2) is 5.52. The normalized spacial score (nSPS) is 10.7. The van der Waals surface area contributed by atoms with Gasteiger partial charge in [0.1, 0.15) is 17.4 Å². The van der Waals surface area contributed by atoms with E-state index < -0.39 is 5.82 Å². The molecule has 3 N–H and O–H groups in total. The summed E-state index contributed by atoms with van der Waals surface area (Å²) in [5, 5.41) is 9.42. The number of phenols is 1. The van der Waals surface area contributed by atoms with Gasteiger partial charge < -0.3 is 10.8 Å². The van der Waals surface area contributed by atoms with E-state index in [9.17, 15) is 9.50 Å². The number of phenolic OH excluding ortho intramolecular Hbond substituents is 1. The lowest BCUT2D eigenvalue weighted by atomic mass is 10.1. The van der Waals surface area contributed by atoms with E-state index in [0.717, 1.165) is 24.6 Å². The van der Waals surface area contributed by atoms with Crippen LogP contribution in [-0.2, 0) is 6.42 Å². The molecular formula is C13H13BrFN3O. The van der Waals surface area contributed by atoms with Crippen LogP contribution >= 0.6 is 15.9 Å². The van der Waals surface area contributed by atoms with Crippen molar-refractivity contribution >= 4 is 21.7 Å². The maximum absolute atomic E-state index is 13.3. The van der Waals surface area contributed by atoms with Crippen molar-refractivity contribution in [3.8, 4) is 17.1 Å². The van der Waals surface area contributed by atoms with E-state index in [1.54, 1.807) is 0 Å². The predicted molar refractivity (Wildman–Crippen MR) is 75.2 cm³/mol. The number of nitrogens with zero attached hydrogens (tertiary/aromatic N) is 2. The number of aromatic hydroxyl groups is 1. The molecule has 0 radical (unpaired) electrons. The third-order valence-corrected chi connectivity index (χ3v) is 3.44. The fourth-order valence-corrected chi connectivity index (χ4v) is 2.12. The number of hydrogen-bond acceptors (Lipinski definition) is 4. The molecule has 1 aromatic carbocycles. The number of nitrogens with two attached hydrogens (primary N) is 1. The minimum Gasteiger partial charge on any atom is -0.508 e. The molecule has 1 aromatic heterocycles. The SMILES string of the molecule is CCCc1nc(-c2cc(O)cc(F)c2)nc(N)c1Br. The van der Waals surface area contributed by atoms with Gasteiger partial charge in [0, 0.05) is 11.6 Å². The van der Waals surface area contributed by atoms with Gasteiger partial charge >= 0.3 is 0 Å². The topological polar surface area (TPSA) is 72.0 Å². The number of rotatable bonds is 3. The first-order chi connectivity index (χ1) is 9.01. The summed E-state index contributed by atoms with van der Waals surface area (Å²) >= 11 is 3.34. The largest absolute Gasteiger partial charge is 0.508 e. The first kappa shape index (κ1) is 13.7. The summed E-state index contributed by atoms with van der Waals surface area (Å²) in [4.78, 5) is 8.47. The molecule has 0 spiro atoms. The third kappa shape index (κ3) is 3.01. The van der Waals surface area contributed by atoms with Crippen molar-refractivity contribution in [1.29, 1.82) is 0 Å². The van der Waals surface area contributed by atoms with Gasteiger partial charge in [-0.3, -0.25) is 0 Å². The third-order valence-electron chi connectivity index (χ3n) is 2.57. The molecule has 2 aromatic rings. The lowest BCUT2D eigenvalue weighted by Crippen LogP contribution is -2.03. The molecule has 0 atom stereocenters. The molecule has 0 saturated carbocycles. The number of nitrogen functional groups attached to an aromatic ring is 1. The Labute approximate surface area is 118 Å². The Hall–Kier alpha value is -1.69. The van der Waals surface area contributed by atoms with Gasteiger partial charge in [-0.25, -0.2) is 14.4 Å². The van der Waals surface area contributed by atoms with Gasteiger partial charge in [0.15, 0.2) is 5.82 Å². The highest BCUT2D eigenvalue weighted by atomic mass is 79.9. The monoisotopic (exact) mass is 325 g/mol. The van der Waals surface area contributed by atoms with Crippen molar-refractivity contribution < 1.29 is 9.50 Å². The van der Waals surface area contributed by atoms with Crippen LogP contribution in [0.3, 0.4) is 0 Å². The van der Waals surface area contributed by atoms with Crippen molar-refractivity contribution in [3.63, 3.8) is 0 Å². The highest BCUT2D eigenvalue weighted by Crippen LogP contribution is 2.28. The summed E-state index contributed by atoms with van der Waals surface area (Å²) in [5.41, 5.74) is 6.98. The number of halogens is 2. The maximum Gasteiger partial charge on any atom is 0.162 e. The van der Waals surface area contributed by atoms with Gasteiger partial charge in [0.05, 0.1) is 10.2 Å². The first-order valence-corrected chi connectivity index (χ1v) is 6.62. The standard InChI is InChI=1S/C13H13BrFN3O/c1-2-3-10-11(14)12(16)18-13(17-10)7-4-8(15)6-9(19)5-7/h4-6,19H,2-3H2,1H3,(H2,16,17,18). The zero-order valence-corrected chi connectivity index (χ0v) is 11.9. The Balaban J connectivity index is 2.55. The molecule has 0 amide bonds. The molecule has 2 rings (SSSR count). The Morgan fingerprint density at radius 3 is 2.68 bits per heavy atom. The van der Waals surface area contributed by atoms with Gasteiger partial charge in [-0.15, -0.1) is 0 Å². The Kier molecular flexibility index (Phi) is 3.99. The molecule has 4 nitrogen and oxygen atoms in total. The Morgan fingerprint density at radius 2 is 2.05 bits per heavy atom. The quantitative estimate of drug-likeness (QED) is 0.908. The predicted octanol–water partition coefficient (Wildman–Crippen LogP) is 3.29. The molecular weight excluding hydrogens is 313 g/mol. The summed E-state index contributed by atoms with van der Waals surface area (Å²) in [6, 6.07) is 3.69. The molecule has 0 saturated heterocycles. The van der Waals surface area contributed by atoms with Crippen molar-refractivity contribution in [1.82, 2.24) is 9.97 Å². The molecule has 19 heavy (non-hydrogen) atoms. The van der Waals surface area contributed by atoms with Crippen LogP contribution in [0.4, 0.5) is 10.2 Å². The average molecular weight is 326 g/mol. The summed E-state index contributed by atoms with van der Waals surface area (Å²) in [5.74, 6) is -0.106. The van der Waals surface area contributed by atoms with E-state index in [1.165, 1.54) is 12.1 Å². The minimum atomic E-state index is -0.544. The van der Waals surface area contributed by atoms with Gasteiger partial charge in [0.25, 0.3) is 0 Å². The molecule has 1 heterocycles. The number of benzene rings is 1. The highest BCUT2D eigenvalue weighted by molar-refractivity contribution is 9.10. The van der Waals surface area contributed by atoms with Crippen LogP contribution in [0.2, 0.25) is 0 Å². The zero-order chi connectivity index (χ0) is 14.0. The van der Waals surface area contributed by atoms with E-state index in [2.05, 4.69) is 25.9 Å². The Bertz CT molecular complexity index is 599. The lowest BCUT2D eigenvalue weighted by molar-refractivity contribution is 0.469. The molecule has 0 aliphatic carbocycles. The number of anilines is 1. The second-order valence-electron chi connectivity index (χ2n) is 4.14.